The van der Waals surface area contributed by atoms with Crippen LogP contribution in [0.1, 0.15) is 28.6 Å². The Balaban J connectivity index is 1.50. The van der Waals surface area contributed by atoms with Gasteiger partial charge in [-0.15, -0.1) is 16.4 Å². The van der Waals surface area contributed by atoms with Crippen LogP contribution < -0.4 is 5.32 Å². The van der Waals surface area contributed by atoms with Crippen molar-refractivity contribution in [1.82, 2.24) is 20.1 Å². The molecule has 1 aliphatic rings. The molecular formula is C22H17FN4O3S2. The minimum absolute atomic E-state index is 0.0488. The zero-order chi connectivity index (χ0) is 22.3. The maximum absolute atomic E-state index is 13.4. The van der Waals surface area contributed by atoms with Gasteiger partial charge in [-0.25, -0.2) is 22.5 Å². The Kier molecular flexibility index (Phi) is 5.10. The van der Waals surface area contributed by atoms with Crippen molar-refractivity contribution in [1.29, 1.82) is 0 Å². The van der Waals surface area contributed by atoms with Crippen LogP contribution in [0.15, 0.2) is 70.9 Å². The number of sulfone groups is 1. The molecule has 162 valence electrons. The van der Waals surface area contributed by atoms with Crippen molar-refractivity contribution >= 4 is 27.1 Å². The van der Waals surface area contributed by atoms with Crippen LogP contribution in [-0.4, -0.2) is 34.8 Å². The summed E-state index contributed by atoms with van der Waals surface area (Å²) in [6.45, 7) is 0. The highest BCUT2D eigenvalue weighted by Crippen LogP contribution is 2.32. The second kappa shape index (κ2) is 7.95. The van der Waals surface area contributed by atoms with E-state index in [-0.39, 0.29) is 28.7 Å². The van der Waals surface area contributed by atoms with Crippen LogP contribution in [0, 0.1) is 5.82 Å². The lowest BCUT2D eigenvalue weighted by molar-refractivity contribution is 0.0924. The number of fused-ring (bicyclic) bond motifs is 1. The number of nitrogens with one attached hydrogen (secondary N) is 1. The number of aromatic nitrogens is 3. The van der Waals surface area contributed by atoms with Crippen molar-refractivity contribution in [2.75, 3.05) is 5.75 Å². The molecule has 5 rings (SSSR count). The van der Waals surface area contributed by atoms with Crippen molar-refractivity contribution in [2.24, 2.45) is 0 Å². The smallest absolute Gasteiger partial charge is 0.291 e. The topological polar surface area (TPSA) is 94.0 Å². The predicted octanol–water partition coefficient (Wildman–Crippen LogP) is 3.78. The Morgan fingerprint density at radius 3 is 2.62 bits per heavy atom. The zero-order valence-corrected chi connectivity index (χ0v) is 18.2. The summed E-state index contributed by atoms with van der Waals surface area (Å²) in [6.07, 6.45) is 0.265. The standard InChI is InChI=1S/C22H17FN4O3S2/c23-14-7-9-15(10-8-14)27-21(18-5-3-12-31-18)25-20(26-27)22(28)24-17-11-13-32(29,30)19-6-2-1-4-16(17)19/h1-10,12,17H,11,13H2,(H,24,28). The Morgan fingerprint density at radius 2 is 1.88 bits per heavy atom. The highest BCUT2D eigenvalue weighted by Gasteiger charge is 2.32. The van der Waals surface area contributed by atoms with Crippen molar-refractivity contribution in [3.05, 3.63) is 83.2 Å². The second-order valence-electron chi connectivity index (χ2n) is 7.30. The minimum Gasteiger partial charge on any atom is -0.342 e. The number of rotatable bonds is 4. The number of halogens is 1. The van der Waals surface area contributed by atoms with E-state index in [4.69, 9.17) is 0 Å². The van der Waals surface area contributed by atoms with Crippen molar-refractivity contribution < 1.29 is 17.6 Å². The van der Waals surface area contributed by atoms with Crippen molar-refractivity contribution in [3.8, 4) is 16.4 Å². The summed E-state index contributed by atoms with van der Waals surface area (Å²) < 4.78 is 39.6. The first-order chi connectivity index (χ1) is 15.4. The van der Waals surface area contributed by atoms with Gasteiger partial charge in [0.1, 0.15) is 5.82 Å². The molecule has 2 aromatic heterocycles. The molecule has 3 heterocycles. The number of hydrogen-bond donors (Lipinski definition) is 1. The van der Waals surface area contributed by atoms with Crippen LogP contribution >= 0.6 is 11.3 Å². The van der Waals surface area contributed by atoms with Gasteiger partial charge in [-0.05, 0) is 53.8 Å². The average molecular weight is 469 g/mol. The molecule has 0 spiro atoms. The summed E-state index contributed by atoms with van der Waals surface area (Å²) in [6, 6.07) is 15.7. The Labute approximate surface area is 187 Å². The van der Waals surface area contributed by atoms with Gasteiger partial charge < -0.3 is 5.32 Å². The molecule has 10 heteroatoms. The van der Waals surface area contributed by atoms with Crippen LogP contribution in [0.4, 0.5) is 4.39 Å². The van der Waals surface area contributed by atoms with E-state index in [0.717, 1.165) is 4.88 Å². The molecule has 0 fully saturated rings. The van der Waals surface area contributed by atoms with Crippen LogP contribution in [0.2, 0.25) is 0 Å². The van der Waals surface area contributed by atoms with Gasteiger partial charge in [-0.2, -0.15) is 0 Å². The lowest BCUT2D eigenvalue weighted by atomic mass is 10.0. The fourth-order valence-electron chi connectivity index (χ4n) is 3.70. The van der Waals surface area contributed by atoms with Crippen molar-refractivity contribution in [2.45, 2.75) is 17.4 Å². The number of amides is 1. The first-order valence-electron chi connectivity index (χ1n) is 9.82. The van der Waals surface area contributed by atoms with E-state index in [0.29, 0.717) is 17.1 Å². The van der Waals surface area contributed by atoms with Gasteiger partial charge in [-0.1, -0.05) is 24.3 Å². The molecule has 0 bridgehead atoms. The van der Waals surface area contributed by atoms with Crippen LogP contribution in [0.3, 0.4) is 0 Å². The molecule has 1 N–H and O–H groups in total. The quantitative estimate of drug-likeness (QED) is 0.492. The van der Waals surface area contributed by atoms with E-state index < -0.39 is 21.8 Å². The Hall–Kier alpha value is -3.37. The monoisotopic (exact) mass is 468 g/mol. The summed E-state index contributed by atoms with van der Waals surface area (Å²) >= 11 is 1.44. The van der Waals surface area contributed by atoms with Gasteiger partial charge in [0.2, 0.25) is 5.82 Å². The summed E-state index contributed by atoms with van der Waals surface area (Å²) in [5.74, 6) is -0.530. The molecule has 4 aromatic rings. The number of benzene rings is 2. The molecule has 32 heavy (non-hydrogen) atoms. The first-order valence-corrected chi connectivity index (χ1v) is 12.3. The number of hydrogen-bond acceptors (Lipinski definition) is 6. The molecule has 7 nitrogen and oxygen atoms in total. The maximum Gasteiger partial charge on any atom is 0.291 e. The summed E-state index contributed by atoms with van der Waals surface area (Å²) in [4.78, 5) is 18.5. The van der Waals surface area contributed by atoms with Gasteiger partial charge in [-0.3, -0.25) is 4.79 Å². The molecule has 1 atom stereocenters. The number of thiophene rings is 1. The summed E-state index contributed by atoms with van der Waals surface area (Å²) in [7, 11) is -3.36. The number of carbonyl (C=O) groups is 1. The molecule has 0 aliphatic carbocycles. The van der Waals surface area contributed by atoms with E-state index in [9.17, 15) is 17.6 Å². The Morgan fingerprint density at radius 1 is 1.09 bits per heavy atom. The van der Waals surface area contributed by atoms with Gasteiger partial charge in [0, 0.05) is 0 Å². The SMILES string of the molecule is O=C(NC1CCS(=O)(=O)c2ccccc21)c1nc(-c2cccs2)n(-c2ccc(F)cc2)n1. The summed E-state index contributed by atoms with van der Waals surface area (Å²) in [5, 5.41) is 9.14. The second-order valence-corrected chi connectivity index (χ2v) is 10.3. The highest BCUT2D eigenvalue weighted by molar-refractivity contribution is 7.91. The number of nitrogens with zero attached hydrogens (tertiary/aromatic N) is 3. The minimum atomic E-state index is -3.36. The molecule has 1 amide bonds. The van der Waals surface area contributed by atoms with E-state index in [1.165, 1.54) is 28.2 Å². The van der Waals surface area contributed by atoms with Gasteiger partial charge in [0.15, 0.2) is 15.7 Å². The third kappa shape index (κ3) is 3.71. The largest absolute Gasteiger partial charge is 0.342 e. The molecule has 0 saturated heterocycles. The number of carbonyl (C=O) groups excluding carboxylic acids is 1. The molecular weight excluding hydrogens is 451 g/mol. The first kappa shape index (κ1) is 20.5. The van der Waals surface area contributed by atoms with E-state index in [1.54, 1.807) is 36.4 Å². The van der Waals surface area contributed by atoms with E-state index in [1.807, 2.05) is 17.5 Å². The van der Waals surface area contributed by atoms with E-state index >= 15 is 0 Å². The predicted molar refractivity (Wildman–Crippen MR) is 118 cm³/mol. The third-order valence-corrected chi connectivity index (χ3v) is 7.91. The third-order valence-electron chi connectivity index (χ3n) is 5.23. The lowest BCUT2D eigenvalue weighted by Gasteiger charge is -2.25. The van der Waals surface area contributed by atoms with Crippen LogP contribution in [0.25, 0.3) is 16.4 Å². The van der Waals surface area contributed by atoms with Crippen molar-refractivity contribution in [3.63, 3.8) is 0 Å². The molecule has 0 radical (unpaired) electrons. The fourth-order valence-corrected chi connectivity index (χ4v) is 6.02. The molecule has 2 aromatic carbocycles. The van der Waals surface area contributed by atoms with Gasteiger partial charge in [0.05, 0.1) is 27.3 Å². The lowest BCUT2D eigenvalue weighted by Crippen LogP contribution is -2.34. The molecule has 1 aliphatic heterocycles. The molecule has 0 saturated carbocycles. The summed E-state index contributed by atoms with van der Waals surface area (Å²) in [5.41, 5.74) is 1.12. The van der Waals surface area contributed by atoms with E-state index in [2.05, 4.69) is 15.4 Å². The average Bonchev–Trinajstić information content (AvgIpc) is 3.46. The molecule has 1 unspecified atom stereocenters. The zero-order valence-electron chi connectivity index (χ0n) is 16.6. The van der Waals surface area contributed by atoms with Crippen LogP contribution in [0.5, 0.6) is 0 Å². The Bertz CT molecular complexity index is 1400. The normalized spacial score (nSPS) is 17.0. The van der Waals surface area contributed by atoms with Crippen LogP contribution in [-0.2, 0) is 9.84 Å². The van der Waals surface area contributed by atoms with Gasteiger partial charge >= 0.3 is 0 Å². The highest BCUT2D eigenvalue weighted by atomic mass is 32.2. The van der Waals surface area contributed by atoms with Gasteiger partial charge in [0.25, 0.3) is 5.91 Å². The fraction of sp³-hybridized carbons (Fsp3) is 0.136. The maximum atomic E-state index is 13.4.